The van der Waals surface area contributed by atoms with E-state index in [1.165, 1.54) is 9.77 Å². The quantitative estimate of drug-likeness (QED) is 0.845. The first-order chi connectivity index (χ1) is 8.28. The van der Waals surface area contributed by atoms with E-state index in [4.69, 9.17) is 11.6 Å². The molecule has 1 aromatic carbocycles. The molecule has 0 aliphatic rings. The van der Waals surface area contributed by atoms with Gasteiger partial charge in [0.15, 0.2) is 0 Å². The summed E-state index contributed by atoms with van der Waals surface area (Å²) in [5.74, 6) is 0.913. The molecule has 17 heavy (non-hydrogen) atoms. The van der Waals surface area contributed by atoms with Crippen molar-refractivity contribution in [2.75, 3.05) is 7.05 Å². The number of nitrogens with zero attached hydrogens (tertiary/aromatic N) is 1. The van der Waals surface area contributed by atoms with Crippen LogP contribution in [0, 0.1) is 0 Å². The number of rotatable bonds is 5. The van der Waals surface area contributed by atoms with E-state index in [0.29, 0.717) is 0 Å². The lowest BCUT2D eigenvalue weighted by Gasteiger charge is -1.98. The number of thioether (sulfide) groups is 1. The Kier molecular flexibility index (Phi) is 4.86. The fourth-order valence-electron chi connectivity index (χ4n) is 1.35. The standard InChI is InChI=1S/C12H13ClN2S2/c1-14-6-11-7-15-12(17-11)8-16-10-4-2-9(13)3-5-10/h2-5,7,14H,6,8H2,1H3. The van der Waals surface area contributed by atoms with Crippen LogP contribution in [0.5, 0.6) is 0 Å². The molecule has 0 unspecified atom stereocenters. The summed E-state index contributed by atoms with van der Waals surface area (Å²) in [4.78, 5) is 6.90. The number of nitrogens with one attached hydrogen (secondary N) is 1. The van der Waals surface area contributed by atoms with Gasteiger partial charge in [-0.25, -0.2) is 4.98 Å². The summed E-state index contributed by atoms with van der Waals surface area (Å²) in [7, 11) is 1.95. The molecule has 0 aliphatic heterocycles. The Labute approximate surface area is 114 Å². The Morgan fingerprint density at radius 2 is 2.12 bits per heavy atom. The molecular weight excluding hydrogens is 272 g/mol. The highest BCUT2D eigenvalue weighted by molar-refractivity contribution is 7.98. The van der Waals surface area contributed by atoms with Gasteiger partial charge in [-0.1, -0.05) is 11.6 Å². The molecule has 0 spiro atoms. The Hall–Kier alpha value is -0.550. The largest absolute Gasteiger partial charge is 0.315 e. The van der Waals surface area contributed by atoms with Crippen LogP contribution in [0.25, 0.3) is 0 Å². The van der Waals surface area contributed by atoms with Crippen molar-refractivity contribution in [2.24, 2.45) is 0 Å². The zero-order chi connectivity index (χ0) is 12.1. The minimum atomic E-state index is 0.778. The molecule has 1 heterocycles. The second-order valence-electron chi connectivity index (χ2n) is 3.49. The Morgan fingerprint density at radius 1 is 1.35 bits per heavy atom. The molecule has 0 fully saturated rings. The van der Waals surface area contributed by atoms with Gasteiger partial charge in [0.2, 0.25) is 0 Å². The van der Waals surface area contributed by atoms with Crippen LogP contribution in [0.15, 0.2) is 35.4 Å². The van der Waals surface area contributed by atoms with Crippen LogP contribution in [0.1, 0.15) is 9.88 Å². The van der Waals surface area contributed by atoms with Crippen molar-refractivity contribution in [1.29, 1.82) is 0 Å². The summed E-state index contributed by atoms with van der Waals surface area (Å²) in [6, 6.07) is 7.90. The van der Waals surface area contributed by atoms with Crippen LogP contribution < -0.4 is 5.32 Å². The van der Waals surface area contributed by atoms with Gasteiger partial charge >= 0.3 is 0 Å². The number of hydrogen-bond acceptors (Lipinski definition) is 4. The minimum absolute atomic E-state index is 0.778. The molecule has 1 aromatic heterocycles. The highest BCUT2D eigenvalue weighted by Gasteiger charge is 2.02. The summed E-state index contributed by atoms with van der Waals surface area (Å²) in [5, 5.41) is 5.07. The molecule has 0 bridgehead atoms. The van der Waals surface area contributed by atoms with Crippen molar-refractivity contribution in [1.82, 2.24) is 10.3 Å². The van der Waals surface area contributed by atoms with Crippen LogP contribution >= 0.6 is 34.7 Å². The number of hydrogen-bond donors (Lipinski definition) is 1. The Morgan fingerprint density at radius 3 is 2.82 bits per heavy atom. The van der Waals surface area contributed by atoms with Crippen LogP contribution in [0.3, 0.4) is 0 Å². The maximum absolute atomic E-state index is 5.84. The molecule has 2 nitrogen and oxygen atoms in total. The maximum Gasteiger partial charge on any atom is 0.103 e. The van der Waals surface area contributed by atoms with Gasteiger partial charge in [-0.05, 0) is 31.3 Å². The van der Waals surface area contributed by atoms with Gasteiger partial charge < -0.3 is 5.32 Å². The van der Waals surface area contributed by atoms with Crippen LogP contribution in [0.4, 0.5) is 0 Å². The summed E-state index contributed by atoms with van der Waals surface area (Å²) in [6.07, 6.45) is 1.94. The fourth-order valence-corrected chi connectivity index (χ4v) is 3.31. The van der Waals surface area contributed by atoms with E-state index in [1.807, 2.05) is 37.5 Å². The van der Waals surface area contributed by atoms with Gasteiger partial charge in [0.1, 0.15) is 5.01 Å². The first kappa shape index (κ1) is 12.9. The predicted octanol–water partition coefficient (Wildman–Crippen LogP) is 3.81. The number of thiazole rings is 1. The van der Waals surface area contributed by atoms with Crippen molar-refractivity contribution < 1.29 is 0 Å². The van der Waals surface area contributed by atoms with Gasteiger partial charge in [-0.3, -0.25) is 0 Å². The molecule has 0 radical (unpaired) electrons. The van der Waals surface area contributed by atoms with Crippen LogP contribution in [-0.4, -0.2) is 12.0 Å². The second kappa shape index (κ2) is 6.40. The van der Waals surface area contributed by atoms with E-state index in [-0.39, 0.29) is 0 Å². The van der Waals surface area contributed by atoms with Gasteiger partial charge in [0, 0.05) is 27.5 Å². The third-order valence-corrected chi connectivity index (χ3v) is 4.58. The number of halogens is 1. The molecule has 90 valence electrons. The molecule has 0 saturated carbocycles. The molecular formula is C12H13ClN2S2. The van der Waals surface area contributed by atoms with Gasteiger partial charge in [-0.2, -0.15) is 0 Å². The maximum atomic E-state index is 5.84. The van der Waals surface area contributed by atoms with Crippen molar-refractivity contribution in [3.8, 4) is 0 Å². The zero-order valence-corrected chi connectivity index (χ0v) is 11.8. The number of aromatic nitrogens is 1. The van der Waals surface area contributed by atoms with E-state index < -0.39 is 0 Å². The predicted molar refractivity (Wildman–Crippen MR) is 75.9 cm³/mol. The Balaban J connectivity index is 1.90. The molecule has 1 N–H and O–H groups in total. The molecule has 0 aliphatic carbocycles. The van der Waals surface area contributed by atoms with Gasteiger partial charge in [0.05, 0.1) is 5.75 Å². The van der Waals surface area contributed by atoms with E-state index in [0.717, 1.165) is 22.3 Å². The highest BCUT2D eigenvalue weighted by Crippen LogP contribution is 2.26. The topological polar surface area (TPSA) is 24.9 Å². The van der Waals surface area contributed by atoms with Gasteiger partial charge in [0.25, 0.3) is 0 Å². The van der Waals surface area contributed by atoms with Crippen molar-refractivity contribution >= 4 is 34.7 Å². The first-order valence-corrected chi connectivity index (χ1v) is 7.42. The third-order valence-electron chi connectivity index (χ3n) is 2.13. The lowest BCUT2D eigenvalue weighted by molar-refractivity contribution is 0.829. The van der Waals surface area contributed by atoms with Gasteiger partial charge in [-0.15, -0.1) is 23.1 Å². The molecule has 2 aromatic rings. The first-order valence-electron chi connectivity index (χ1n) is 5.24. The molecule has 5 heteroatoms. The fraction of sp³-hybridized carbons (Fsp3) is 0.250. The SMILES string of the molecule is CNCc1cnc(CSc2ccc(Cl)cc2)s1. The molecule has 0 saturated heterocycles. The van der Waals surface area contributed by atoms with E-state index >= 15 is 0 Å². The lowest BCUT2D eigenvalue weighted by atomic mass is 10.4. The van der Waals surface area contributed by atoms with Crippen molar-refractivity contribution in [2.45, 2.75) is 17.2 Å². The van der Waals surface area contributed by atoms with Crippen molar-refractivity contribution in [3.63, 3.8) is 0 Å². The average molecular weight is 285 g/mol. The van der Waals surface area contributed by atoms with Crippen LogP contribution in [0.2, 0.25) is 5.02 Å². The average Bonchev–Trinajstić information content (AvgIpc) is 2.77. The van der Waals surface area contributed by atoms with E-state index in [2.05, 4.69) is 10.3 Å². The summed E-state index contributed by atoms with van der Waals surface area (Å²) in [6.45, 7) is 0.892. The Bertz CT molecular complexity index is 468. The van der Waals surface area contributed by atoms with E-state index in [9.17, 15) is 0 Å². The van der Waals surface area contributed by atoms with Crippen LogP contribution in [-0.2, 0) is 12.3 Å². The summed E-state index contributed by atoms with van der Waals surface area (Å²) in [5.41, 5.74) is 0. The second-order valence-corrected chi connectivity index (χ2v) is 6.18. The molecule has 0 atom stereocenters. The van der Waals surface area contributed by atoms with Crippen molar-refractivity contribution in [3.05, 3.63) is 45.4 Å². The van der Waals surface area contributed by atoms with E-state index in [1.54, 1.807) is 23.1 Å². The monoisotopic (exact) mass is 284 g/mol. The summed E-state index contributed by atoms with van der Waals surface area (Å²) >= 11 is 9.38. The molecule has 2 rings (SSSR count). The third kappa shape index (κ3) is 4.00. The summed E-state index contributed by atoms with van der Waals surface area (Å²) < 4.78 is 0. The zero-order valence-electron chi connectivity index (χ0n) is 9.44. The highest BCUT2D eigenvalue weighted by atomic mass is 35.5. The molecule has 0 amide bonds. The smallest absolute Gasteiger partial charge is 0.103 e. The minimum Gasteiger partial charge on any atom is -0.315 e. The number of benzene rings is 1. The lowest BCUT2D eigenvalue weighted by Crippen LogP contribution is -2.02. The normalized spacial score (nSPS) is 10.7.